The summed E-state index contributed by atoms with van der Waals surface area (Å²) in [5, 5.41) is 3.81. The van der Waals surface area contributed by atoms with Crippen LogP contribution >= 0.6 is 11.6 Å². The van der Waals surface area contributed by atoms with Crippen LogP contribution in [0.2, 0.25) is 30.7 Å². The summed E-state index contributed by atoms with van der Waals surface area (Å²) in [6.07, 6.45) is 1.56. The number of hydrogen-bond donors (Lipinski definition) is 0. The molecule has 250 valence electrons. The van der Waals surface area contributed by atoms with Gasteiger partial charge in [0, 0.05) is 63.1 Å². The number of anilines is 2. The van der Waals surface area contributed by atoms with Gasteiger partial charge in [-0.25, -0.2) is 36.9 Å². The standard InChI is InChI=1S/C30H32ClF5N8O2Si/c1-47(2,3)10-9-46-17-44(19-13-40-43(16-19)15-18-11-38-30(39-12-18)42-7-4-8-42)29(45)26-25(28(35)36)37-14-22(41-26)23-20(27(33)34)5-6-21(31)24(23)32/h5-6,11-14,16,27-28H,4,7-10,15,17H2,1-3H3. The second-order valence-electron chi connectivity index (χ2n) is 12.1. The smallest absolute Gasteiger partial charge is 0.282 e. The number of alkyl halides is 4. The Kier molecular flexibility index (Phi) is 10.5. The van der Waals surface area contributed by atoms with Crippen molar-refractivity contribution in [1.29, 1.82) is 0 Å². The molecule has 0 saturated carbocycles. The third-order valence-electron chi connectivity index (χ3n) is 7.40. The fourth-order valence-corrected chi connectivity index (χ4v) is 5.55. The zero-order chi connectivity index (χ0) is 33.9. The summed E-state index contributed by atoms with van der Waals surface area (Å²) in [5.41, 5.74) is -3.08. The van der Waals surface area contributed by atoms with Crippen LogP contribution in [0, 0.1) is 5.82 Å². The van der Waals surface area contributed by atoms with Gasteiger partial charge in [0.15, 0.2) is 11.5 Å². The molecule has 1 aliphatic rings. The summed E-state index contributed by atoms with van der Waals surface area (Å²) < 4.78 is 78.4. The summed E-state index contributed by atoms with van der Waals surface area (Å²) >= 11 is 5.85. The van der Waals surface area contributed by atoms with E-state index in [1.807, 2.05) is 4.90 Å². The molecule has 0 aliphatic carbocycles. The van der Waals surface area contributed by atoms with Gasteiger partial charge < -0.3 is 9.64 Å². The maximum atomic E-state index is 15.1. The van der Waals surface area contributed by atoms with Gasteiger partial charge in [-0.05, 0) is 18.5 Å². The average Bonchev–Trinajstić information content (AvgIpc) is 3.45. The SMILES string of the molecule is C[Si](C)(C)CCOCN(C(=O)c1nc(-c2c(C(F)F)ccc(Cl)c2F)cnc1C(F)F)c1cnn(Cc2cnc(N3CCC3)nc2)c1. The molecule has 0 radical (unpaired) electrons. The van der Waals surface area contributed by atoms with Crippen molar-refractivity contribution in [3.8, 4) is 11.3 Å². The lowest BCUT2D eigenvalue weighted by atomic mass is 10.0. The molecule has 3 aromatic heterocycles. The zero-order valence-electron chi connectivity index (χ0n) is 25.8. The van der Waals surface area contributed by atoms with E-state index in [0.29, 0.717) is 12.1 Å². The van der Waals surface area contributed by atoms with Crippen molar-refractivity contribution < 1.29 is 31.5 Å². The Morgan fingerprint density at radius 1 is 1.04 bits per heavy atom. The summed E-state index contributed by atoms with van der Waals surface area (Å²) in [4.78, 5) is 33.5. The number of ether oxygens (including phenoxy) is 1. The minimum absolute atomic E-state index is 0.177. The first-order valence-corrected chi connectivity index (χ1v) is 18.8. The third-order valence-corrected chi connectivity index (χ3v) is 9.39. The van der Waals surface area contributed by atoms with Crippen molar-refractivity contribution in [3.63, 3.8) is 0 Å². The normalized spacial score (nSPS) is 13.4. The predicted octanol–water partition coefficient (Wildman–Crippen LogP) is 7.02. The molecule has 0 atom stereocenters. The molecule has 5 rings (SSSR count). The number of carbonyl (C=O) groups excluding carboxylic acids is 1. The van der Waals surface area contributed by atoms with E-state index in [2.05, 4.69) is 44.7 Å². The molecule has 1 fully saturated rings. The van der Waals surface area contributed by atoms with Gasteiger partial charge in [0.25, 0.3) is 18.8 Å². The summed E-state index contributed by atoms with van der Waals surface area (Å²) in [7, 11) is -1.53. The van der Waals surface area contributed by atoms with Crippen LogP contribution in [0.1, 0.15) is 46.6 Å². The van der Waals surface area contributed by atoms with E-state index in [4.69, 9.17) is 16.3 Å². The highest BCUT2D eigenvalue weighted by Gasteiger charge is 2.31. The number of halogens is 6. The minimum Gasteiger partial charge on any atom is -0.361 e. The quantitative estimate of drug-likeness (QED) is 0.0637. The Bertz CT molecular complexity index is 1720. The van der Waals surface area contributed by atoms with Gasteiger partial charge in [-0.15, -0.1) is 0 Å². The molecule has 1 aliphatic heterocycles. The van der Waals surface area contributed by atoms with Crippen LogP contribution in [0.4, 0.5) is 33.6 Å². The number of nitrogens with zero attached hydrogens (tertiary/aromatic N) is 8. The third kappa shape index (κ3) is 8.11. The molecule has 1 aromatic carbocycles. The summed E-state index contributed by atoms with van der Waals surface area (Å²) in [6.45, 7) is 8.37. The van der Waals surface area contributed by atoms with E-state index >= 15 is 4.39 Å². The largest absolute Gasteiger partial charge is 0.361 e. The van der Waals surface area contributed by atoms with Crippen molar-refractivity contribution in [2.45, 2.75) is 51.5 Å². The fraction of sp³-hybridized carbons (Fsp3) is 0.400. The lowest BCUT2D eigenvalue weighted by Gasteiger charge is -2.30. The van der Waals surface area contributed by atoms with Gasteiger partial charge in [0.2, 0.25) is 5.95 Å². The lowest BCUT2D eigenvalue weighted by molar-refractivity contribution is 0.0880. The Balaban J connectivity index is 1.48. The first-order chi connectivity index (χ1) is 22.3. The van der Waals surface area contributed by atoms with Crippen molar-refractivity contribution in [1.82, 2.24) is 29.7 Å². The van der Waals surface area contributed by atoms with Gasteiger partial charge in [-0.3, -0.25) is 19.4 Å². The number of rotatable bonds is 13. The van der Waals surface area contributed by atoms with Crippen LogP contribution < -0.4 is 9.80 Å². The van der Waals surface area contributed by atoms with Crippen molar-refractivity contribution in [2.75, 3.05) is 36.2 Å². The Labute approximate surface area is 273 Å². The molecule has 0 unspecified atom stereocenters. The number of aromatic nitrogens is 6. The molecule has 4 aromatic rings. The van der Waals surface area contributed by atoms with Crippen LogP contribution in [0.25, 0.3) is 11.3 Å². The van der Waals surface area contributed by atoms with E-state index in [9.17, 15) is 22.4 Å². The molecule has 0 bridgehead atoms. The van der Waals surface area contributed by atoms with E-state index in [1.54, 1.807) is 12.4 Å². The van der Waals surface area contributed by atoms with Crippen LogP contribution in [0.3, 0.4) is 0 Å². The van der Waals surface area contributed by atoms with Gasteiger partial charge in [-0.2, -0.15) is 5.10 Å². The Morgan fingerprint density at radius 3 is 2.38 bits per heavy atom. The summed E-state index contributed by atoms with van der Waals surface area (Å²) in [6, 6.07) is 2.59. The maximum absolute atomic E-state index is 15.1. The summed E-state index contributed by atoms with van der Waals surface area (Å²) in [5.74, 6) is -1.70. The number of amides is 1. The first kappa shape index (κ1) is 34.3. The molecule has 4 heterocycles. The van der Waals surface area contributed by atoms with E-state index in [1.165, 1.54) is 17.1 Å². The highest BCUT2D eigenvalue weighted by molar-refractivity contribution is 6.76. The van der Waals surface area contributed by atoms with Gasteiger partial charge in [0.05, 0.1) is 35.3 Å². The van der Waals surface area contributed by atoms with Crippen LogP contribution in [-0.2, 0) is 11.3 Å². The number of hydrogen-bond acceptors (Lipinski definition) is 8. The van der Waals surface area contributed by atoms with Gasteiger partial charge in [0.1, 0.15) is 12.4 Å². The fourth-order valence-electron chi connectivity index (χ4n) is 4.63. The van der Waals surface area contributed by atoms with E-state index < -0.39 is 65.9 Å². The lowest BCUT2D eigenvalue weighted by Crippen LogP contribution is -2.38. The van der Waals surface area contributed by atoms with Crippen molar-refractivity contribution in [2.24, 2.45) is 0 Å². The Hall–Kier alpha value is -4.02. The minimum atomic E-state index is -3.27. The van der Waals surface area contributed by atoms with E-state index in [0.717, 1.165) is 48.2 Å². The van der Waals surface area contributed by atoms with Gasteiger partial charge in [-0.1, -0.05) is 37.3 Å². The number of carbonyl (C=O) groups is 1. The topological polar surface area (TPSA) is 102 Å². The second-order valence-corrected chi connectivity index (χ2v) is 18.2. The second kappa shape index (κ2) is 14.4. The predicted molar refractivity (Wildman–Crippen MR) is 168 cm³/mol. The van der Waals surface area contributed by atoms with Crippen molar-refractivity contribution in [3.05, 3.63) is 76.5 Å². The van der Waals surface area contributed by atoms with Crippen LogP contribution in [0.5, 0.6) is 0 Å². The molecule has 17 heteroatoms. The Morgan fingerprint density at radius 2 is 1.77 bits per heavy atom. The molecule has 1 amide bonds. The highest BCUT2D eigenvalue weighted by Crippen LogP contribution is 2.36. The van der Waals surface area contributed by atoms with Crippen LogP contribution in [-0.4, -0.2) is 70.1 Å². The maximum Gasteiger partial charge on any atom is 0.282 e. The van der Waals surface area contributed by atoms with Gasteiger partial charge >= 0.3 is 0 Å². The zero-order valence-corrected chi connectivity index (χ0v) is 27.6. The van der Waals surface area contributed by atoms with Crippen molar-refractivity contribution >= 4 is 37.2 Å². The molecule has 47 heavy (non-hydrogen) atoms. The van der Waals surface area contributed by atoms with Crippen LogP contribution in [0.15, 0.2) is 43.1 Å². The molecule has 0 spiro atoms. The number of benzene rings is 1. The average molecular weight is 695 g/mol. The molecule has 10 nitrogen and oxygen atoms in total. The molecule has 0 N–H and O–H groups in total. The van der Waals surface area contributed by atoms with E-state index in [-0.39, 0.29) is 25.6 Å². The highest BCUT2D eigenvalue weighted by atomic mass is 35.5. The monoisotopic (exact) mass is 694 g/mol. The molecular weight excluding hydrogens is 663 g/mol. The first-order valence-electron chi connectivity index (χ1n) is 14.7. The molecule has 1 saturated heterocycles. The molecular formula is C30H32ClF5N8O2Si.